The lowest BCUT2D eigenvalue weighted by Crippen LogP contribution is -2.55. The highest BCUT2D eigenvalue weighted by Gasteiger charge is 2.62. The SMILES string of the molecule is CC1=CCC(CC(C)CCCC(C)C)(C(=O)O)C(CC(C)CCCC(C)C)(C(=O)O)C1. The maximum Gasteiger partial charge on any atom is 0.311 e. The van der Waals surface area contributed by atoms with Gasteiger partial charge in [0.2, 0.25) is 0 Å². The van der Waals surface area contributed by atoms with Gasteiger partial charge in [-0.15, -0.1) is 0 Å². The Morgan fingerprint density at radius 3 is 1.61 bits per heavy atom. The van der Waals surface area contributed by atoms with Crippen LogP contribution < -0.4 is 0 Å². The van der Waals surface area contributed by atoms with Crippen LogP contribution in [0, 0.1) is 34.5 Å². The second-order valence-electron chi connectivity index (χ2n) is 11.5. The molecular weight excluding hydrogens is 388 g/mol. The average Bonchev–Trinajstić information content (AvgIpc) is 2.62. The van der Waals surface area contributed by atoms with E-state index in [-0.39, 0.29) is 11.8 Å². The van der Waals surface area contributed by atoms with Gasteiger partial charge in [-0.3, -0.25) is 9.59 Å². The Kier molecular flexibility index (Phi) is 10.8. The second-order valence-corrected chi connectivity index (χ2v) is 11.5. The minimum Gasteiger partial charge on any atom is -0.481 e. The molecule has 4 atom stereocenters. The second kappa shape index (κ2) is 12.1. The largest absolute Gasteiger partial charge is 0.481 e. The van der Waals surface area contributed by atoms with E-state index in [2.05, 4.69) is 41.5 Å². The quantitative estimate of drug-likeness (QED) is 0.275. The molecule has 0 fully saturated rings. The third kappa shape index (κ3) is 7.36. The van der Waals surface area contributed by atoms with Crippen LogP contribution in [0.4, 0.5) is 0 Å². The summed E-state index contributed by atoms with van der Waals surface area (Å²) in [6.45, 7) is 15.0. The maximum absolute atomic E-state index is 12.9. The van der Waals surface area contributed by atoms with E-state index in [1.54, 1.807) is 0 Å². The third-order valence-electron chi connectivity index (χ3n) is 7.47. The van der Waals surface area contributed by atoms with Crippen LogP contribution in [-0.2, 0) is 9.59 Å². The summed E-state index contributed by atoms with van der Waals surface area (Å²) in [4.78, 5) is 25.7. The van der Waals surface area contributed by atoms with Crippen LogP contribution in [0.2, 0.25) is 0 Å². The molecule has 0 aliphatic heterocycles. The molecule has 4 heteroatoms. The number of carbonyl (C=O) groups is 2. The van der Waals surface area contributed by atoms with Gasteiger partial charge in [0.1, 0.15) is 0 Å². The Morgan fingerprint density at radius 1 is 0.806 bits per heavy atom. The Labute approximate surface area is 190 Å². The van der Waals surface area contributed by atoms with Crippen LogP contribution in [0.25, 0.3) is 0 Å². The van der Waals surface area contributed by atoms with E-state index >= 15 is 0 Å². The average molecular weight is 437 g/mol. The minimum atomic E-state index is -1.23. The van der Waals surface area contributed by atoms with Crippen molar-refractivity contribution in [1.29, 1.82) is 0 Å². The minimum absolute atomic E-state index is 0.190. The lowest BCUT2D eigenvalue weighted by molar-refractivity contribution is -0.180. The Morgan fingerprint density at radius 2 is 1.23 bits per heavy atom. The van der Waals surface area contributed by atoms with Gasteiger partial charge in [0, 0.05) is 0 Å². The Bertz CT molecular complexity index is 621. The lowest BCUT2D eigenvalue weighted by atomic mass is 9.51. The van der Waals surface area contributed by atoms with Crippen LogP contribution in [-0.4, -0.2) is 22.2 Å². The first-order valence-electron chi connectivity index (χ1n) is 12.5. The smallest absolute Gasteiger partial charge is 0.311 e. The molecule has 0 saturated heterocycles. The summed E-state index contributed by atoms with van der Waals surface area (Å²) < 4.78 is 0. The van der Waals surface area contributed by atoms with Crippen LogP contribution in [0.15, 0.2) is 11.6 Å². The molecule has 1 aliphatic carbocycles. The highest BCUT2D eigenvalue weighted by molar-refractivity contribution is 5.87. The van der Waals surface area contributed by atoms with E-state index in [1.165, 1.54) is 0 Å². The van der Waals surface area contributed by atoms with Crippen LogP contribution in [0.3, 0.4) is 0 Å². The summed E-state index contributed by atoms with van der Waals surface area (Å²) in [5.41, 5.74) is -1.45. The molecule has 2 N–H and O–H groups in total. The van der Waals surface area contributed by atoms with Gasteiger partial charge in [-0.2, -0.15) is 0 Å². The number of hydrogen-bond donors (Lipinski definition) is 2. The predicted molar refractivity (Wildman–Crippen MR) is 128 cm³/mol. The van der Waals surface area contributed by atoms with Crippen molar-refractivity contribution in [1.82, 2.24) is 0 Å². The van der Waals surface area contributed by atoms with Crippen molar-refractivity contribution in [3.63, 3.8) is 0 Å². The molecule has 1 aliphatic rings. The first-order valence-corrected chi connectivity index (χ1v) is 12.5. The van der Waals surface area contributed by atoms with E-state index in [0.29, 0.717) is 37.5 Å². The maximum atomic E-state index is 12.9. The van der Waals surface area contributed by atoms with Gasteiger partial charge >= 0.3 is 11.9 Å². The first kappa shape index (κ1) is 27.7. The van der Waals surface area contributed by atoms with Gasteiger partial charge < -0.3 is 10.2 Å². The van der Waals surface area contributed by atoms with Crippen molar-refractivity contribution in [2.75, 3.05) is 0 Å². The van der Waals surface area contributed by atoms with Gasteiger partial charge in [0.25, 0.3) is 0 Å². The van der Waals surface area contributed by atoms with E-state index in [1.807, 2.05) is 13.0 Å². The molecule has 4 nitrogen and oxygen atoms in total. The Balaban J connectivity index is 3.20. The van der Waals surface area contributed by atoms with E-state index < -0.39 is 22.8 Å². The molecule has 0 aromatic heterocycles. The first-order chi connectivity index (χ1) is 14.4. The molecule has 0 spiro atoms. The number of allylic oxidation sites excluding steroid dienone is 2. The molecule has 180 valence electrons. The van der Waals surface area contributed by atoms with E-state index in [9.17, 15) is 19.8 Å². The third-order valence-corrected chi connectivity index (χ3v) is 7.47. The molecule has 31 heavy (non-hydrogen) atoms. The molecule has 0 aromatic carbocycles. The van der Waals surface area contributed by atoms with Crippen molar-refractivity contribution in [3.8, 4) is 0 Å². The standard InChI is InChI=1S/C27H48O4/c1-19(2)10-8-12-21(5)16-26(24(28)29)15-14-23(7)18-27(26,25(30)31)17-22(6)13-9-11-20(3)4/h14,19-22H,8-13,15-18H2,1-7H3,(H,28,29)(H,30,31). The van der Waals surface area contributed by atoms with Crippen molar-refractivity contribution in [3.05, 3.63) is 11.6 Å². The van der Waals surface area contributed by atoms with Gasteiger partial charge in [0.05, 0.1) is 10.8 Å². The topological polar surface area (TPSA) is 74.6 Å². The molecule has 0 aromatic rings. The highest BCUT2D eigenvalue weighted by Crippen LogP contribution is 2.58. The highest BCUT2D eigenvalue weighted by atomic mass is 16.4. The molecule has 4 unspecified atom stereocenters. The molecule has 0 heterocycles. The van der Waals surface area contributed by atoms with Crippen molar-refractivity contribution >= 4 is 11.9 Å². The Hall–Kier alpha value is -1.32. The number of hydrogen-bond acceptors (Lipinski definition) is 2. The summed E-state index contributed by atoms with van der Waals surface area (Å²) in [7, 11) is 0. The fourth-order valence-electron chi connectivity index (χ4n) is 5.70. The summed E-state index contributed by atoms with van der Waals surface area (Å²) >= 11 is 0. The summed E-state index contributed by atoms with van der Waals surface area (Å²) in [6, 6.07) is 0. The number of carboxylic acids is 2. The van der Waals surface area contributed by atoms with Crippen LogP contribution in [0.5, 0.6) is 0 Å². The van der Waals surface area contributed by atoms with Crippen molar-refractivity contribution < 1.29 is 19.8 Å². The summed E-state index contributed by atoms with van der Waals surface area (Å²) in [6.07, 6.45) is 9.83. The number of rotatable bonds is 14. The van der Waals surface area contributed by atoms with Crippen molar-refractivity contribution in [2.45, 2.75) is 113 Å². The van der Waals surface area contributed by atoms with Gasteiger partial charge in [0.15, 0.2) is 0 Å². The fourth-order valence-corrected chi connectivity index (χ4v) is 5.70. The number of aliphatic carboxylic acids is 2. The van der Waals surface area contributed by atoms with Gasteiger partial charge in [-0.25, -0.2) is 0 Å². The zero-order valence-corrected chi connectivity index (χ0v) is 21.2. The summed E-state index contributed by atoms with van der Waals surface area (Å²) in [5.74, 6) is -0.209. The van der Waals surface area contributed by atoms with Gasteiger partial charge in [-0.1, -0.05) is 91.7 Å². The normalized spacial score (nSPS) is 26.0. The molecule has 0 radical (unpaired) electrons. The monoisotopic (exact) mass is 436 g/mol. The molecule has 0 amide bonds. The predicted octanol–water partition coefficient (Wildman–Crippen LogP) is 7.57. The van der Waals surface area contributed by atoms with Crippen LogP contribution >= 0.6 is 0 Å². The number of carboxylic acid groups (broad SMARTS) is 2. The molecule has 1 rings (SSSR count). The van der Waals surface area contributed by atoms with E-state index in [4.69, 9.17) is 0 Å². The van der Waals surface area contributed by atoms with E-state index in [0.717, 1.165) is 44.1 Å². The molecule has 0 bridgehead atoms. The lowest BCUT2D eigenvalue weighted by Gasteiger charge is -2.50. The molecular formula is C27H48O4. The van der Waals surface area contributed by atoms with Gasteiger partial charge in [-0.05, 0) is 56.3 Å². The zero-order chi connectivity index (χ0) is 23.8. The van der Waals surface area contributed by atoms with Crippen LogP contribution in [0.1, 0.15) is 113 Å². The molecule has 0 saturated carbocycles. The summed E-state index contributed by atoms with van der Waals surface area (Å²) in [5, 5.41) is 21.0. The fraction of sp³-hybridized carbons (Fsp3) is 0.852. The zero-order valence-electron chi connectivity index (χ0n) is 21.2. The van der Waals surface area contributed by atoms with Crippen molar-refractivity contribution in [2.24, 2.45) is 34.5 Å².